The molecule has 0 spiro atoms. The molecule has 7 heteroatoms. The summed E-state index contributed by atoms with van der Waals surface area (Å²) in [6.07, 6.45) is 1.52. The molecule has 0 radical (unpaired) electrons. The summed E-state index contributed by atoms with van der Waals surface area (Å²) in [5.41, 5.74) is 6.70. The van der Waals surface area contributed by atoms with Crippen molar-refractivity contribution >= 4 is 17.1 Å². The maximum atomic E-state index is 5.59. The van der Waals surface area contributed by atoms with Crippen LogP contribution in [0.5, 0.6) is 11.6 Å². The zero-order valence-electron chi connectivity index (χ0n) is 10.6. The lowest BCUT2D eigenvalue weighted by Gasteiger charge is -2.08. The molecule has 0 aliphatic heterocycles. The van der Waals surface area contributed by atoms with E-state index < -0.39 is 0 Å². The second-order valence-electron chi connectivity index (χ2n) is 4.00. The molecule has 0 aliphatic carbocycles. The first-order valence-corrected chi connectivity index (χ1v) is 6.10. The number of aromatic nitrogens is 4. The van der Waals surface area contributed by atoms with Gasteiger partial charge in [0.15, 0.2) is 5.65 Å². The molecular formula is C13H13N5O2. The molecule has 0 saturated heterocycles. The third-order valence-corrected chi connectivity index (χ3v) is 2.60. The molecule has 0 aliphatic rings. The van der Waals surface area contributed by atoms with Crippen LogP contribution in [-0.2, 0) is 0 Å². The second kappa shape index (κ2) is 5.43. The van der Waals surface area contributed by atoms with Gasteiger partial charge in [-0.2, -0.15) is 9.97 Å². The van der Waals surface area contributed by atoms with E-state index in [1.54, 1.807) is 0 Å². The molecule has 0 amide bonds. The van der Waals surface area contributed by atoms with Crippen LogP contribution in [-0.4, -0.2) is 33.1 Å². The van der Waals surface area contributed by atoms with E-state index in [0.29, 0.717) is 30.3 Å². The lowest BCUT2D eigenvalue weighted by Crippen LogP contribution is -2.10. The number of nitrogens with two attached hydrogens (primary N) is 1. The fourth-order valence-electron chi connectivity index (χ4n) is 1.74. The van der Waals surface area contributed by atoms with Crippen molar-refractivity contribution < 1.29 is 9.47 Å². The van der Waals surface area contributed by atoms with Crippen LogP contribution in [0.4, 0.5) is 5.95 Å². The van der Waals surface area contributed by atoms with E-state index in [1.807, 2.05) is 30.3 Å². The maximum absolute atomic E-state index is 5.59. The summed E-state index contributed by atoms with van der Waals surface area (Å²) in [6.45, 7) is 0.753. The summed E-state index contributed by atoms with van der Waals surface area (Å²) < 4.78 is 11.1. The average Bonchev–Trinajstić information content (AvgIpc) is 2.92. The molecule has 3 N–H and O–H groups in total. The van der Waals surface area contributed by atoms with Crippen molar-refractivity contribution in [2.24, 2.45) is 0 Å². The number of hydrogen-bond donors (Lipinski definition) is 2. The maximum Gasteiger partial charge on any atom is 0.245 e. The van der Waals surface area contributed by atoms with Crippen molar-refractivity contribution in [3.63, 3.8) is 0 Å². The Bertz CT molecular complexity index is 698. The van der Waals surface area contributed by atoms with E-state index >= 15 is 0 Å². The van der Waals surface area contributed by atoms with Gasteiger partial charge in [0.05, 0.1) is 6.33 Å². The number of benzene rings is 1. The molecule has 3 rings (SSSR count). The lowest BCUT2D eigenvalue weighted by atomic mass is 10.3. The number of anilines is 1. The van der Waals surface area contributed by atoms with E-state index in [2.05, 4.69) is 19.9 Å². The molecule has 0 unspecified atom stereocenters. The Morgan fingerprint density at radius 2 is 1.85 bits per heavy atom. The molecule has 20 heavy (non-hydrogen) atoms. The summed E-state index contributed by atoms with van der Waals surface area (Å²) in [4.78, 5) is 15.0. The minimum atomic E-state index is 0.128. The van der Waals surface area contributed by atoms with Crippen LogP contribution in [0.1, 0.15) is 0 Å². The number of nitrogens with one attached hydrogen (secondary N) is 1. The fraction of sp³-hybridized carbons (Fsp3) is 0.154. The number of nitrogens with zero attached hydrogens (tertiary/aromatic N) is 3. The highest BCUT2D eigenvalue weighted by Gasteiger charge is 2.09. The van der Waals surface area contributed by atoms with E-state index in [9.17, 15) is 0 Å². The number of imidazole rings is 1. The summed E-state index contributed by atoms with van der Waals surface area (Å²) in [6, 6.07) is 9.53. The Balaban J connectivity index is 1.61. The van der Waals surface area contributed by atoms with Gasteiger partial charge in [-0.25, -0.2) is 4.98 Å². The van der Waals surface area contributed by atoms with Gasteiger partial charge in [-0.1, -0.05) is 18.2 Å². The van der Waals surface area contributed by atoms with E-state index in [0.717, 1.165) is 5.75 Å². The number of aromatic amines is 1. The van der Waals surface area contributed by atoms with Gasteiger partial charge in [-0.05, 0) is 12.1 Å². The zero-order valence-corrected chi connectivity index (χ0v) is 10.6. The van der Waals surface area contributed by atoms with Gasteiger partial charge in [0, 0.05) is 0 Å². The van der Waals surface area contributed by atoms with Crippen molar-refractivity contribution in [2.45, 2.75) is 0 Å². The van der Waals surface area contributed by atoms with Gasteiger partial charge < -0.3 is 20.2 Å². The highest BCUT2D eigenvalue weighted by atomic mass is 16.5. The molecule has 102 valence electrons. The van der Waals surface area contributed by atoms with Crippen LogP contribution < -0.4 is 15.2 Å². The number of rotatable bonds is 5. The molecule has 0 atom stereocenters. The molecule has 0 fully saturated rings. The molecule has 0 bridgehead atoms. The zero-order chi connectivity index (χ0) is 13.8. The van der Waals surface area contributed by atoms with Crippen LogP contribution in [0.25, 0.3) is 11.2 Å². The molecule has 7 nitrogen and oxygen atoms in total. The monoisotopic (exact) mass is 271 g/mol. The topological polar surface area (TPSA) is 98.9 Å². The largest absolute Gasteiger partial charge is 0.490 e. The van der Waals surface area contributed by atoms with Gasteiger partial charge >= 0.3 is 0 Å². The van der Waals surface area contributed by atoms with Crippen molar-refractivity contribution in [3.8, 4) is 11.6 Å². The molecular weight excluding hydrogens is 258 g/mol. The van der Waals surface area contributed by atoms with Gasteiger partial charge in [0.25, 0.3) is 0 Å². The summed E-state index contributed by atoms with van der Waals surface area (Å²) in [5, 5.41) is 0. The fourth-order valence-corrected chi connectivity index (χ4v) is 1.74. The number of para-hydroxylation sites is 1. The quantitative estimate of drug-likeness (QED) is 0.680. The molecule has 2 aromatic heterocycles. The molecule has 2 heterocycles. The third kappa shape index (κ3) is 2.61. The van der Waals surface area contributed by atoms with Crippen LogP contribution in [0.2, 0.25) is 0 Å². The second-order valence-corrected chi connectivity index (χ2v) is 4.00. The normalized spacial score (nSPS) is 10.6. The number of hydrogen-bond acceptors (Lipinski definition) is 6. The average molecular weight is 271 g/mol. The van der Waals surface area contributed by atoms with Crippen molar-refractivity contribution in [1.82, 2.24) is 19.9 Å². The van der Waals surface area contributed by atoms with E-state index in [1.165, 1.54) is 6.33 Å². The van der Waals surface area contributed by atoms with Crippen molar-refractivity contribution in [1.29, 1.82) is 0 Å². The van der Waals surface area contributed by atoms with Gasteiger partial charge in [-0.3, -0.25) is 0 Å². The Morgan fingerprint density at radius 3 is 2.70 bits per heavy atom. The Labute approximate surface area is 114 Å². The Hall–Kier alpha value is -2.83. The highest BCUT2D eigenvalue weighted by molar-refractivity contribution is 5.76. The van der Waals surface area contributed by atoms with Crippen molar-refractivity contribution in [3.05, 3.63) is 36.7 Å². The summed E-state index contributed by atoms with van der Waals surface area (Å²) >= 11 is 0. The lowest BCUT2D eigenvalue weighted by molar-refractivity contribution is 0.213. The van der Waals surface area contributed by atoms with Crippen molar-refractivity contribution in [2.75, 3.05) is 18.9 Å². The molecule has 0 saturated carbocycles. The predicted octanol–water partition coefficient (Wildman–Crippen LogP) is 1.39. The minimum Gasteiger partial charge on any atom is -0.490 e. The third-order valence-electron chi connectivity index (χ3n) is 2.60. The summed E-state index contributed by atoms with van der Waals surface area (Å²) in [7, 11) is 0. The van der Waals surface area contributed by atoms with Gasteiger partial charge in [0.1, 0.15) is 24.5 Å². The molecule has 3 aromatic rings. The first-order valence-electron chi connectivity index (χ1n) is 6.10. The minimum absolute atomic E-state index is 0.128. The van der Waals surface area contributed by atoms with Crippen LogP contribution in [0.15, 0.2) is 36.7 Å². The van der Waals surface area contributed by atoms with E-state index in [4.69, 9.17) is 15.2 Å². The number of H-pyrrole nitrogens is 1. The van der Waals surface area contributed by atoms with Crippen LogP contribution in [0.3, 0.4) is 0 Å². The number of fused-ring (bicyclic) bond motifs is 1. The van der Waals surface area contributed by atoms with E-state index in [-0.39, 0.29) is 5.95 Å². The number of ether oxygens (including phenoxy) is 2. The van der Waals surface area contributed by atoms with Crippen LogP contribution in [0, 0.1) is 0 Å². The standard InChI is InChI=1S/C13H13N5O2/c14-13-17-11-10(15-8-16-11)12(18-13)20-7-6-19-9-4-2-1-3-5-9/h1-5,8H,6-7H2,(H3,14,15,16,17,18). The number of nitrogen functional groups attached to an aromatic ring is 1. The van der Waals surface area contributed by atoms with Crippen LogP contribution >= 0.6 is 0 Å². The Kier molecular flexibility index (Phi) is 3.32. The predicted molar refractivity (Wildman–Crippen MR) is 73.5 cm³/mol. The van der Waals surface area contributed by atoms with Gasteiger partial charge in [0.2, 0.25) is 11.8 Å². The SMILES string of the molecule is Nc1nc(OCCOc2ccccc2)c2[nH]cnc2n1. The Morgan fingerprint density at radius 1 is 1.05 bits per heavy atom. The molecule has 1 aromatic carbocycles. The smallest absolute Gasteiger partial charge is 0.245 e. The first-order chi connectivity index (χ1) is 9.83. The highest BCUT2D eigenvalue weighted by Crippen LogP contribution is 2.19. The summed E-state index contributed by atoms with van der Waals surface area (Å²) in [5.74, 6) is 1.30. The van der Waals surface area contributed by atoms with Gasteiger partial charge in [-0.15, -0.1) is 0 Å². The first kappa shape index (κ1) is 12.2.